The largest absolute Gasteiger partial charge is 0.308 e. The van der Waals surface area contributed by atoms with Crippen molar-refractivity contribution in [2.24, 2.45) is 0 Å². The summed E-state index contributed by atoms with van der Waals surface area (Å²) in [6, 6.07) is 5.23. The monoisotopic (exact) mass is 307 g/mol. The number of nitro groups is 1. The van der Waals surface area contributed by atoms with Gasteiger partial charge in [-0.05, 0) is 25.0 Å². The molecule has 1 aromatic heterocycles. The molecule has 1 heterocycles. The van der Waals surface area contributed by atoms with Crippen LogP contribution < -0.4 is 5.32 Å². The van der Waals surface area contributed by atoms with Crippen molar-refractivity contribution in [1.29, 1.82) is 0 Å². The van der Waals surface area contributed by atoms with Gasteiger partial charge in [0.1, 0.15) is 0 Å². The smallest absolute Gasteiger partial charge is 0.275 e. The van der Waals surface area contributed by atoms with Gasteiger partial charge in [-0.2, -0.15) is 0 Å². The van der Waals surface area contributed by atoms with Crippen LogP contribution in [-0.4, -0.2) is 26.0 Å². The molecule has 110 valence electrons. The van der Waals surface area contributed by atoms with Gasteiger partial charge in [0.05, 0.1) is 28.9 Å². The molecule has 1 fully saturated rings. The van der Waals surface area contributed by atoms with E-state index in [9.17, 15) is 10.1 Å². The number of aromatic nitrogens is 3. The third-order valence-corrected chi connectivity index (χ3v) is 3.55. The van der Waals surface area contributed by atoms with Crippen LogP contribution in [0.3, 0.4) is 0 Å². The zero-order valence-corrected chi connectivity index (χ0v) is 12.0. The summed E-state index contributed by atoms with van der Waals surface area (Å²) in [6.45, 7) is 0.970. The number of nitrogens with one attached hydrogen (secondary N) is 1. The Morgan fingerprint density at radius 2 is 2.29 bits per heavy atom. The van der Waals surface area contributed by atoms with E-state index in [4.69, 9.17) is 11.6 Å². The third kappa shape index (κ3) is 3.56. The molecule has 0 aliphatic heterocycles. The first-order chi connectivity index (χ1) is 10.1. The van der Waals surface area contributed by atoms with Gasteiger partial charge in [0.15, 0.2) is 0 Å². The van der Waals surface area contributed by atoms with Gasteiger partial charge in [-0.1, -0.05) is 16.8 Å². The summed E-state index contributed by atoms with van der Waals surface area (Å²) in [7, 11) is 0. The first-order valence-corrected chi connectivity index (χ1v) is 7.05. The highest BCUT2D eigenvalue weighted by atomic mass is 35.5. The Labute approximate surface area is 126 Å². The van der Waals surface area contributed by atoms with E-state index in [0.29, 0.717) is 29.7 Å². The molecule has 21 heavy (non-hydrogen) atoms. The van der Waals surface area contributed by atoms with Gasteiger partial charge in [-0.25, -0.2) is 4.68 Å². The van der Waals surface area contributed by atoms with Crippen LogP contribution in [0, 0.1) is 10.1 Å². The quantitative estimate of drug-likeness (QED) is 0.652. The molecule has 0 spiro atoms. The third-order valence-electron chi connectivity index (χ3n) is 3.31. The molecule has 7 nitrogen and oxygen atoms in total. The lowest BCUT2D eigenvalue weighted by Gasteiger charge is -2.03. The molecule has 0 saturated heterocycles. The summed E-state index contributed by atoms with van der Waals surface area (Å²) in [6.07, 6.45) is 4.23. The molecule has 0 radical (unpaired) electrons. The van der Waals surface area contributed by atoms with Crippen LogP contribution in [0.1, 0.15) is 24.1 Å². The lowest BCUT2D eigenvalue weighted by Crippen LogP contribution is -2.15. The molecule has 1 aromatic carbocycles. The first-order valence-electron chi connectivity index (χ1n) is 6.67. The van der Waals surface area contributed by atoms with Crippen LogP contribution in [0.5, 0.6) is 0 Å². The van der Waals surface area contributed by atoms with E-state index < -0.39 is 4.92 Å². The molecular weight excluding hydrogens is 294 g/mol. The SMILES string of the molecule is O=[N+]([O-])c1cc(Cl)ccc1Cn1cc(CNC2CC2)nn1. The maximum atomic E-state index is 11.0. The van der Waals surface area contributed by atoms with Crippen molar-refractivity contribution >= 4 is 17.3 Å². The van der Waals surface area contributed by atoms with Gasteiger partial charge in [-0.15, -0.1) is 5.10 Å². The second kappa shape index (κ2) is 5.79. The van der Waals surface area contributed by atoms with Crippen molar-refractivity contribution in [2.45, 2.75) is 32.0 Å². The van der Waals surface area contributed by atoms with Crippen molar-refractivity contribution in [3.63, 3.8) is 0 Å². The summed E-state index contributed by atoms with van der Waals surface area (Å²) < 4.78 is 1.60. The molecule has 3 rings (SSSR count). The number of hydrogen-bond donors (Lipinski definition) is 1. The van der Waals surface area contributed by atoms with E-state index in [0.717, 1.165) is 5.69 Å². The number of rotatable bonds is 6. The maximum Gasteiger partial charge on any atom is 0.275 e. The summed E-state index contributed by atoms with van der Waals surface area (Å²) in [5.41, 5.74) is 1.38. The normalized spacial score (nSPS) is 14.3. The van der Waals surface area contributed by atoms with Crippen molar-refractivity contribution in [3.05, 3.63) is 50.8 Å². The average molecular weight is 308 g/mol. The van der Waals surface area contributed by atoms with Crippen LogP contribution in [0.4, 0.5) is 5.69 Å². The topological polar surface area (TPSA) is 85.9 Å². The second-order valence-corrected chi connectivity index (χ2v) is 5.53. The summed E-state index contributed by atoms with van der Waals surface area (Å²) in [5, 5.41) is 22.8. The Morgan fingerprint density at radius 3 is 3.00 bits per heavy atom. The van der Waals surface area contributed by atoms with Crippen molar-refractivity contribution in [3.8, 4) is 0 Å². The van der Waals surface area contributed by atoms with Crippen molar-refractivity contribution in [1.82, 2.24) is 20.3 Å². The molecule has 0 atom stereocenters. The van der Waals surface area contributed by atoms with Gasteiger partial charge in [0, 0.05) is 23.7 Å². The predicted octanol–water partition coefficient (Wildman–Crippen LogP) is 2.14. The van der Waals surface area contributed by atoms with Gasteiger partial charge in [0.25, 0.3) is 5.69 Å². The summed E-state index contributed by atoms with van der Waals surface area (Å²) >= 11 is 5.80. The molecular formula is C13H14ClN5O2. The number of nitrogens with zero attached hydrogens (tertiary/aromatic N) is 4. The summed E-state index contributed by atoms with van der Waals surface area (Å²) in [5.74, 6) is 0. The van der Waals surface area contributed by atoms with Crippen molar-refractivity contribution in [2.75, 3.05) is 0 Å². The number of benzene rings is 1. The lowest BCUT2D eigenvalue weighted by molar-refractivity contribution is -0.385. The molecule has 8 heteroatoms. The molecule has 1 saturated carbocycles. The van der Waals surface area contributed by atoms with Gasteiger partial charge >= 0.3 is 0 Å². The highest BCUT2D eigenvalue weighted by Crippen LogP contribution is 2.24. The fourth-order valence-electron chi connectivity index (χ4n) is 2.05. The summed E-state index contributed by atoms with van der Waals surface area (Å²) in [4.78, 5) is 10.6. The van der Waals surface area contributed by atoms with E-state index in [2.05, 4.69) is 15.6 Å². The predicted molar refractivity (Wildman–Crippen MR) is 77.1 cm³/mol. The van der Waals surface area contributed by atoms with E-state index >= 15 is 0 Å². The minimum atomic E-state index is -0.437. The van der Waals surface area contributed by atoms with E-state index in [-0.39, 0.29) is 5.69 Å². The van der Waals surface area contributed by atoms with Crippen LogP contribution >= 0.6 is 11.6 Å². The van der Waals surface area contributed by atoms with E-state index in [1.807, 2.05) is 0 Å². The first kappa shape index (κ1) is 14.0. The van der Waals surface area contributed by atoms with Gasteiger partial charge in [0.2, 0.25) is 0 Å². The molecule has 1 aliphatic carbocycles. The van der Waals surface area contributed by atoms with E-state index in [1.165, 1.54) is 18.9 Å². The van der Waals surface area contributed by atoms with Crippen LogP contribution in [0.15, 0.2) is 24.4 Å². The van der Waals surface area contributed by atoms with E-state index in [1.54, 1.807) is 23.0 Å². The zero-order chi connectivity index (χ0) is 14.8. The maximum absolute atomic E-state index is 11.0. The second-order valence-electron chi connectivity index (χ2n) is 5.09. The van der Waals surface area contributed by atoms with Gasteiger partial charge < -0.3 is 5.32 Å². The van der Waals surface area contributed by atoms with Crippen LogP contribution in [0.2, 0.25) is 5.02 Å². The molecule has 0 bridgehead atoms. The molecule has 0 amide bonds. The van der Waals surface area contributed by atoms with Gasteiger partial charge in [-0.3, -0.25) is 10.1 Å². The van der Waals surface area contributed by atoms with Crippen LogP contribution in [0.25, 0.3) is 0 Å². The fourth-order valence-corrected chi connectivity index (χ4v) is 2.21. The fraction of sp³-hybridized carbons (Fsp3) is 0.385. The Kier molecular flexibility index (Phi) is 3.85. The van der Waals surface area contributed by atoms with Crippen LogP contribution in [-0.2, 0) is 13.1 Å². The zero-order valence-electron chi connectivity index (χ0n) is 11.2. The van der Waals surface area contributed by atoms with Crippen molar-refractivity contribution < 1.29 is 4.92 Å². The minimum Gasteiger partial charge on any atom is -0.308 e. The number of halogens is 1. The Balaban J connectivity index is 1.72. The average Bonchev–Trinajstić information content (AvgIpc) is 3.18. The Bertz CT molecular complexity index is 668. The molecule has 1 N–H and O–H groups in total. The molecule has 2 aromatic rings. The molecule has 1 aliphatic rings. The standard InChI is InChI=1S/C13H14ClN5O2/c14-10-2-1-9(13(5-10)19(20)21)7-18-8-12(16-17-18)6-15-11-3-4-11/h1-2,5,8,11,15H,3-4,6-7H2. The number of hydrogen-bond acceptors (Lipinski definition) is 5. The minimum absolute atomic E-state index is 0.00402. The molecule has 0 unspecified atom stereocenters. The Hall–Kier alpha value is -1.99. The Morgan fingerprint density at radius 1 is 1.48 bits per heavy atom. The lowest BCUT2D eigenvalue weighted by atomic mass is 10.2. The highest BCUT2D eigenvalue weighted by molar-refractivity contribution is 6.30. The number of nitro benzene ring substituents is 1. The highest BCUT2D eigenvalue weighted by Gasteiger charge is 2.20.